The quantitative estimate of drug-likeness (QED) is 0.365. The molecule has 0 aliphatic carbocycles. The number of carbonyl (C=O) groups is 1. The van der Waals surface area contributed by atoms with Crippen molar-refractivity contribution in [3.05, 3.63) is 62.6 Å². The smallest absolute Gasteiger partial charge is 0.333 e. The van der Waals surface area contributed by atoms with Crippen LogP contribution in [0.5, 0.6) is 0 Å². The summed E-state index contributed by atoms with van der Waals surface area (Å²) in [6, 6.07) is 9.69. The first-order chi connectivity index (χ1) is 19.0. The van der Waals surface area contributed by atoms with Gasteiger partial charge in [-0.15, -0.1) is 0 Å². The Kier molecular flexibility index (Phi) is 7.26. The molecular formula is C29H37N7O4. The van der Waals surface area contributed by atoms with E-state index in [4.69, 9.17) is 15.5 Å². The molecular weight excluding hydrogens is 510 g/mol. The number of anilines is 1. The predicted octanol–water partition coefficient (Wildman–Crippen LogP) is 2.55. The lowest BCUT2D eigenvalue weighted by Gasteiger charge is -2.31. The fourth-order valence-electron chi connectivity index (χ4n) is 5.48. The standard InChI is InChI=1S/C29H37N7O4/c1-6-34-24-25(32-27(34)33-13-9-11-20(30)15-33)35(17-23(37)40-29(3,4)5)28(39)36(26(24)38)16-22-21-12-8-7-10-19(21)14-18(2)31-22/h7-8,10,12,14,20H,6,9,11,13,15-17,30H2,1-5H3. The molecule has 0 radical (unpaired) electrons. The maximum absolute atomic E-state index is 14.1. The number of esters is 1. The van der Waals surface area contributed by atoms with E-state index >= 15 is 0 Å². The van der Waals surface area contributed by atoms with Crippen molar-refractivity contribution in [3.8, 4) is 0 Å². The van der Waals surface area contributed by atoms with Crippen molar-refractivity contribution < 1.29 is 9.53 Å². The second kappa shape index (κ2) is 10.5. The largest absolute Gasteiger partial charge is 0.459 e. The van der Waals surface area contributed by atoms with Crippen LogP contribution in [0.15, 0.2) is 39.9 Å². The number of aromatic nitrogens is 5. The van der Waals surface area contributed by atoms with Gasteiger partial charge in [-0.3, -0.25) is 23.7 Å². The molecule has 40 heavy (non-hydrogen) atoms. The van der Waals surface area contributed by atoms with E-state index in [0.29, 0.717) is 24.7 Å². The summed E-state index contributed by atoms with van der Waals surface area (Å²) < 4.78 is 9.77. The normalized spacial score (nSPS) is 16.1. The van der Waals surface area contributed by atoms with Gasteiger partial charge in [0.05, 0.1) is 12.2 Å². The lowest BCUT2D eigenvalue weighted by molar-refractivity contribution is -0.155. The second-order valence-corrected chi connectivity index (χ2v) is 11.5. The lowest BCUT2D eigenvalue weighted by Crippen LogP contribution is -2.44. The lowest BCUT2D eigenvalue weighted by atomic mass is 10.1. The van der Waals surface area contributed by atoms with E-state index in [-0.39, 0.29) is 30.3 Å². The van der Waals surface area contributed by atoms with Gasteiger partial charge in [-0.05, 0) is 58.9 Å². The number of nitrogens with two attached hydrogens (primary N) is 1. The Balaban J connectivity index is 1.74. The van der Waals surface area contributed by atoms with Gasteiger partial charge >= 0.3 is 11.7 Å². The molecule has 5 rings (SSSR count). The molecule has 1 atom stereocenters. The molecule has 11 heteroatoms. The summed E-state index contributed by atoms with van der Waals surface area (Å²) in [5, 5.41) is 1.82. The molecule has 1 aromatic carbocycles. The zero-order valence-electron chi connectivity index (χ0n) is 23.8. The number of nitrogens with zero attached hydrogens (tertiary/aromatic N) is 6. The molecule has 0 bridgehead atoms. The topological polar surface area (TPSA) is 130 Å². The SMILES string of the molecule is CCn1c(N2CCCC(N)C2)nc2c1c(=O)n(Cc1nc(C)cc3ccccc13)c(=O)n2CC(=O)OC(C)(C)C. The average Bonchev–Trinajstić information content (AvgIpc) is 3.27. The molecule has 2 N–H and O–H groups in total. The van der Waals surface area contributed by atoms with Crippen molar-refractivity contribution in [3.63, 3.8) is 0 Å². The van der Waals surface area contributed by atoms with E-state index in [9.17, 15) is 14.4 Å². The summed E-state index contributed by atoms with van der Waals surface area (Å²) in [4.78, 5) is 52.5. The summed E-state index contributed by atoms with van der Waals surface area (Å²) in [6.45, 7) is 10.4. The summed E-state index contributed by atoms with van der Waals surface area (Å²) in [6.07, 6.45) is 1.81. The Labute approximate surface area is 232 Å². The third kappa shape index (κ3) is 5.25. The summed E-state index contributed by atoms with van der Waals surface area (Å²) >= 11 is 0. The summed E-state index contributed by atoms with van der Waals surface area (Å²) in [5.74, 6) is -0.0215. The van der Waals surface area contributed by atoms with E-state index in [1.807, 2.05) is 48.7 Å². The Morgan fingerprint density at radius 1 is 1.12 bits per heavy atom. The molecule has 212 valence electrons. The molecule has 4 aromatic rings. The van der Waals surface area contributed by atoms with Gasteiger partial charge in [0.25, 0.3) is 5.56 Å². The first-order valence-corrected chi connectivity index (χ1v) is 13.8. The monoisotopic (exact) mass is 547 g/mol. The van der Waals surface area contributed by atoms with Gasteiger partial charge in [0.2, 0.25) is 5.95 Å². The van der Waals surface area contributed by atoms with E-state index in [1.165, 1.54) is 4.57 Å². The number of benzene rings is 1. The predicted molar refractivity (Wildman–Crippen MR) is 155 cm³/mol. The third-order valence-electron chi connectivity index (χ3n) is 7.11. The fraction of sp³-hybridized carbons (Fsp3) is 0.483. The van der Waals surface area contributed by atoms with Crippen LogP contribution in [0.2, 0.25) is 0 Å². The maximum atomic E-state index is 14.1. The maximum Gasteiger partial charge on any atom is 0.333 e. The van der Waals surface area contributed by atoms with Gasteiger partial charge in [-0.2, -0.15) is 4.98 Å². The molecule has 11 nitrogen and oxygen atoms in total. The highest BCUT2D eigenvalue weighted by Crippen LogP contribution is 2.24. The Bertz CT molecular complexity index is 1710. The highest BCUT2D eigenvalue weighted by molar-refractivity contribution is 5.85. The van der Waals surface area contributed by atoms with E-state index in [1.54, 1.807) is 20.8 Å². The minimum atomic E-state index is -0.740. The number of aryl methyl sites for hydroxylation is 2. The Morgan fingerprint density at radius 3 is 2.58 bits per heavy atom. The van der Waals surface area contributed by atoms with Crippen molar-refractivity contribution in [1.82, 2.24) is 23.7 Å². The van der Waals surface area contributed by atoms with Crippen LogP contribution in [0.25, 0.3) is 21.9 Å². The average molecular weight is 548 g/mol. The number of piperidine rings is 1. The number of rotatable bonds is 6. The van der Waals surface area contributed by atoms with Gasteiger partial charge in [0, 0.05) is 36.8 Å². The van der Waals surface area contributed by atoms with E-state index in [0.717, 1.165) is 40.4 Å². The molecule has 0 spiro atoms. The minimum absolute atomic E-state index is 0.0137. The van der Waals surface area contributed by atoms with Crippen molar-refractivity contribution in [2.24, 2.45) is 5.73 Å². The molecule has 4 heterocycles. The minimum Gasteiger partial charge on any atom is -0.459 e. The summed E-state index contributed by atoms with van der Waals surface area (Å²) in [7, 11) is 0. The van der Waals surface area contributed by atoms with E-state index < -0.39 is 22.8 Å². The van der Waals surface area contributed by atoms with Gasteiger partial charge < -0.3 is 19.9 Å². The first kappa shape index (κ1) is 27.6. The molecule has 1 aliphatic rings. The van der Waals surface area contributed by atoms with Gasteiger partial charge in [0.15, 0.2) is 11.2 Å². The molecule has 1 unspecified atom stereocenters. The Morgan fingerprint density at radius 2 is 1.88 bits per heavy atom. The van der Waals surface area contributed by atoms with Crippen molar-refractivity contribution in [2.45, 2.75) is 78.7 Å². The van der Waals surface area contributed by atoms with Crippen LogP contribution in [0, 0.1) is 6.92 Å². The van der Waals surface area contributed by atoms with Crippen LogP contribution < -0.4 is 21.9 Å². The zero-order chi connectivity index (χ0) is 28.8. The molecule has 0 saturated carbocycles. The van der Waals surface area contributed by atoms with Gasteiger partial charge in [-0.25, -0.2) is 4.79 Å². The Hall–Kier alpha value is -3.99. The zero-order valence-corrected chi connectivity index (χ0v) is 23.8. The number of hydrogen-bond donors (Lipinski definition) is 1. The van der Waals surface area contributed by atoms with Crippen LogP contribution in [0.1, 0.15) is 51.9 Å². The number of imidazole rings is 1. The number of carbonyl (C=O) groups excluding carboxylic acids is 1. The van der Waals surface area contributed by atoms with Gasteiger partial charge in [0.1, 0.15) is 12.1 Å². The van der Waals surface area contributed by atoms with Crippen LogP contribution in [0.4, 0.5) is 5.95 Å². The third-order valence-corrected chi connectivity index (χ3v) is 7.11. The van der Waals surface area contributed by atoms with E-state index in [2.05, 4.69) is 9.88 Å². The van der Waals surface area contributed by atoms with Crippen LogP contribution in [-0.4, -0.2) is 54.4 Å². The molecule has 1 saturated heterocycles. The summed E-state index contributed by atoms with van der Waals surface area (Å²) in [5.41, 5.74) is 6.20. The first-order valence-electron chi connectivity index (χ1n) is 13.8. The van der Waals surface area contributed by atoms with Crippen LogP contribution in [-0.2, 0) is 29.2 Å². The molecule has 0 amide bonds. The number of hydrogen-bond acceptors (Lipinski definition) is 8. The number of ether oxygens (including phenoxy) is 1. The molecule has 1 fully saturated rings. The van der Waals surface area contributed by atoms with Crippen molar-refractivity contribution in [1.29, 1.82) is 0 Å². The van der Waals surface area contributed by atoms with Crippen molar-refractivity contribution >= 4 is 33.9 Å². The van der Waals surface area contributed by atoms with Crippen molar-refractivity contribution in [2.75, 3.05) is 18.0 Å². The van der Waals surface area contributed by atoms with Crippen LogP contribution >= 0.6 is 0 Å². The van der Waals surface area contributed by atoms with Gasteiger partial charge in [-0.1, -0.05) is 24.3 Å². The highest BCUT2D eigenvalue weighted by atomic mass is 16.6. The second-order valence-electron chi connectivity index (χ2n) is 11.5. The number of fused-ring (bicyclic) bond motifs is 2. The van der Waals surface area contributed by atoms with Crippen LogP contribution in [0.3, 0.4) is 0 Å². The molecule has 1 aliphatic heterocycles. The fourth-order valence-corrected chi connectivity index (χ4v) is 5.48. The molecule has 3 aromatic heterocycles. The highest BCUT2D eigenvalue weighted by Gasteiger charge is 2.28. The number of pyridine rings is 1.